The molecule has 0 spiro atoms. The van der Waals surface area contributed by atoms with Gasteiger partial charge in [0.05, 0.1) is 12.1 Å². The largest absolute Gasteiger partial charge is 0.481 e. The third-order valence-corrected chi connectivity index (χ3v) is 3.37. The van der Waals surface area contributed by atoms with E-state index in [1.165, 1.54) is 0 Å². The SMILES string of the molecule is CC(C)NC(CCC(=O)O)C(=O)NC(CCC(=O)O)C(=O)C(C)C. The van der Waals surface area contributed by atoms with Crippen molar-refractivity contribution in [3.05, 3.63) is 0 Å². The highest BCUT2D eigenvalue weighted by Crippen LogP contribution is 2.08. The van der Waals surface area contributed by atoms with Crippen molar-refractivity contribution < 1.29 is 29.4 Å². The zero-order valence-electron chi connectivity index (χ0n) is 14.7. The van der Waals surface area contributed by atoms with Gasteiger partial charge in [-0.2, -0.15) is 0 Å². The van der Waals surface area contributed by atoms with Gasteiger partial charge < -0.3 is 20.8 Å². The predicted molar refractivity (Wildman–Crippen MR) is 87.6 cm³/mol. The third kappa shape index (κ3) is 9.24. The van der Waals surface area contributed by atoms with Gasteiger partial charge in [0.15, 0.2) is 5.78 Å². The summed E-state index contributed by atoms with van der Waals surface area (Å²) in [6.45, 7) is 7.00. The fourth-order valence-corrected chi connectivity index (χ4v) is 2.19. The van der Waals surface area contributed by atoms with Gasteiger partial charge in [-0.15, -0.1) is 0 Å². The molecule has 0 aromatic rings. The Morgan fingerprint density at radius 3 is 1.67 bits per heavy atom. The van der Waals surface area contributed by atoms with Crippen molar-refractivity contribution in [1.82, 2.24) is 10.6 Å². The molecule has 0 bridgehead atoms. The number of amides is 1. The smallest absolute Gasteiger partial charge is 0.303 e. The van der Waals surface area contributed by atoms with Crippen molar-refractivity contribution in [2.45, 2.75) is 71.5 Å². The number of nitrogens with one attached hydrogen (secondary N) is 2. The van der Waals surface area contributed by atoms with Crippen LogP contribution >= 0.6 is 0 Å². The van der Waals surface area contributed by atoms with Crippen LogP contribution in [-0.2, 0) is 19.2 Å². The lowest BCUT2D eigenvalue weighted by Crippen LogP contribution is -2.52. The van der Waals surface area contributed by atoms with E-state index < -0.39 is 29.9 Å². The van der Waals surface area contributed by atoms with Gasteiger partial charge in [-0.05, 0) is 12.8 Å². The van der Waals surface area contributed by atoms with E-state index in [4.69, 9.17) is 10.2 Å². The Morgan fingerprint density at radius 1 is 0.833 bits per heavy atom. The Balaban J connectivity index is 5.01. The molecule has 8 heteroatoms. The van der Waals surface area contributed by atoms with E-state index in [0.29, 0.717) is 0 Å². The lowest BCUT2D eigenvalue weighted by molar-refractivity contribution is -0.139. The minimum atomic E-state index is -1.05. The molecule has 1 amide bonds. The Hall–Kier alpha value is -1.96. The molecule has 0 heterocycles. The van der Waals surface area contributed by atoms with Crippen LogP contribution in [0, 0.1) is 5.92 Å². The van der Waals surface area contributed by atoms with Crippen molar-refractivity contribution >= 4 is 23.6 Å². The van der Waals surface area contributed by atoms with Crippen LogP contribution in [-0.4, -0.2) is 52.0 Å². The molecule has 2 unspecified atom stereocenters. The van der Waals surface area contributed by atoms with E-state index in [0.717, 1.165) is 0 Å². The van der Waals surface area contributed by atoms with Gasteiger partial charge in [0.1, 0.15) is 0 Å². The van der Waals surface area contributed by atoms with Crippen LogP contribution in [0.5, 0.6) is 0 Å². The molecule has 4 N–H and O–H groups in total. The second-order valence-corrected chi connectivity index (χ2v) is 6.36. The highest BCUT2D eigenvalue weighted by atomic mass is 16.4. The first-order valence-electron chi connectivity index (χ1n) is 8.08. The number of rotatable bonds is 12. The number of carbonyl (C=O) groups excluding carboxylic acids is 2. The lowest BCUT2D eigenvalue weighted by Gasteiger charge is -2.24. The summed E-state index contributed by atoms with van der Waals surface area (Å²) in [5, 5.41) is 23.1. The van der Waals surface area contributed by atoms with Crippen molar-refractivity contribution in [1.29, 1.82) is 0 Å². The van der Waals surface area contributed by atoms with Crippen molar-refractivity contribution in [3.63, 3.8) is 0 Å². The summed E-state index contributed by atoms with van der Waals surface area (Å²) in [6.07, 6.45) is -0.331. The second-order valence-electron chi connectivity index (χ2n) is 6.36. The minimum absolute atomic E-state index is 0.00537. The standard InChI is InChI=1S/C16H28N2O6/c1-9(2)15(23)11(5-7-13(19)20)18-16(24)12(17-10(3)4)6-8-14(21)22/h9-12,17H,5-8H2,1-4H3,(H,18,24)(H,19,20)(H,21,22). The lowest BCUT2D eigenvalue weighted by atomic mass is 9.97. The summed E-state index contributed by atoms with van der Waals surface area (Å²) >= 11 is 0. The number of carbonyl (C=O) groups is 4. The Morgan fingerprint density at radius 2 is 1.29 bits per heavy atom. The first-order valence-corrected chi connectivity index (χ1v) is 8.08. The van der Waals surface area contributed by atoms with E-state index in [-0.39, 0.29) is 43.4 Å². The highest BCUT2D eigenvalue weighted by Gasteiger charge is 2.27. The predicted octanol–water partition coefficient (Wildman–Crippen LogP) is 0.793. The maximum absolute atomic E-state index is 12.4. The Kier molecular flexibility index (Phi) is 9.87. The number of carboxylic acid groups (broad SMARTS) is 2. The topological polar surface area (TPSA) is 133 Å². The van der Waals surface area contributed by atoms with Crippen LogP contribution in [0.4, 0.5) is 0 Å². The van der Waals surface area contributed by atoms with Gasteiger partial charge in [-0.25, -0.2) is 0 Å². The average Bonchev–Trinajstić information content (AvgIpc) is 2.45. The van der Waals surface area contributed by atoms with Crippen molar-refractivity contribution in [2.75, 3.05) is 0 Å². The van der Waals surface area contributed by atoms with Crippen molar-refractivity contribution in [2.24, 2.45) is 5.92 Å². The second kappa shape index (κ2) is 10.7. The maximum atomic E-state index is 12.4. The highest BCUT2D eigenvalue weighted by molar-refractivity contribution is 5.92. The molecule has 0 aromatic carbocycles. The van der Waals surface area contributed by atoms with Gasteiger partial charge in [-0.1, -0.05) is 27.7 Å². The van der Waals surface area contributed by atoms with Gasteiger partial charge in [0, 0.05) is 24.8 Å². The zero-order valence-corrected chi connectivity index (χ0v) is 14.7. The number of ketones is 1. The summed E-state index contributed by atoms with van der Waals surface area (Å²) in [6, 6.07) is -1.70. The molecule has 24 heavy (non-hydrogen) atoms. The molecule has 0 aliphatic carbocycles. The van der Waals surface area contributed by atoms with Crippen LogP contribution in [0.25, 0.3) is 0 Å². The van der Waals surface area contributed by atoms with E-state index in [2.05, 4.69) is 10.6 Å². The molecule has 0 aliphatic rings. The molecule has 138 valence electrons. The van der Waals surface area contributed by atoms with Crippen LogP contribution in [0.15, 0.2) is 0 Å². The quantitative estimate of drug-likeness (QED) is 0.411. The molecule has 0 saturated carbocycles. The van der Waals surface area contributed by atoms with E-state index in [9.17, 15) is 19.2 Å². The zero-order chi connectivity index (χ0) is 18.9. The maximum Gasteiger partial charge on any atom is 0.303 e. The molecular weight excluding hydrogens is 316 g/mol. The van der Waals surface area contributed by atoms with Crippen LogP contribution in [0.2, 0.25) is 0 Å². The van der Waals surface area contributed by atoms with Gasteiger partial charge in [-0.3, -0.25) is 19.2 Å². The fourth-order valence-electron chi connectivity index (χ4n) is 2.19. The number of carboxylic acids is 2. The molecule has 0 saturated heterocycles. The third-order valence-electron chi connectivity index (χ3n) is 3.37. The number of hydrogen-bond donors (Lipinski definition) is 4. The average molecular weight is 344 g/mol. The number of aliphatic carboxylic acids is 2. The normalized spacial score (nSPS) is 13.6. The first-order chi connectivity index (χ1) is 11.0. The molecule has 8 nitrogen and oxygen atoms in total. The molecular formula is C16H28N2O6. The summed E-state index contributed by atoms with van der Waals surface area (Å²) in [5.41, 5.74) is 0. The fraction of sp³-hybridized carbons (Fsp3) is 0.750. The number of hydrogen-bond acceptors (Lipinski definition) is 5. The summed E-state index contributed by atoms with van der Waals surface area (Å²) < 4.78 is 0. The molecule has 0 rings (SSSR count). The molecule has 2 atom stereocenters. The molecule has 0 fully saturated rings. The van der Waals surface area contributed by atoms with E-state index >= 15 is 0 Å². The summed E-state index contributed by atoms with van der Waals surface area (Å²) in [4.78, 5) is 46.1. The Bertz CT molecular complexity index is 461. The Labute approximate surface area is 142 Å². The summed E-state index contributed by atoms with van der Waals surface area (Å²) in [7, 11) is 0. The molecule has 0 aromatic heterocycles. The van der Waals surface area contributed by atoms with Gasteiger partial charge in [0.2, 0.25) is 5.91 Å². The molecule has 0 radical (unpaired) electrons. The van der Waals surface area contributed by atoms with Crippen LogP contribution in [0.1, 0.15) is 53.4 Å². The van der Waals surface area contributed by atoms with Crippen LogP contribution in [0.3, 0.4) is 0 Å². The number of Topliss-reactive ketones (excluding diaryl/α,β-unsaturated/α-hetero) is 1. The van der Waals surface area contributed by atoms with E-state index in [1.54, 1.807) is 13.8 Å². The van der Waals surface area contributed by atoms with Gasteiger partial charge in [0.25, 0.3) is 0 Å². The van der Waals surface area contributed by atoms with Crippen molar-refractivity contribution in [3.8, 4) is 0 Å². The monoisotopic (exact) mass is 344 g/mol. The first kappa shape index (κ1) is 22.0. The van der Waals surface area contributed by atoms with Crippen LogP contribution < -0.4 is 10.6 Å². The minimum Gasteiger partial charge on any atom is -0.481 e. The summed E-state index contributed by atoms with van der Waals surface area (Å²) in [5.74, 6) is -3.15. The molecule has 0 aliphatic heterocycles. The van der Waals surface area contributed by atoms with E-state index in [1.807, 2.05) is 13.8 Å². The van der Waals surface area contributed by atoms with Gasteiger partial charge >= 0.3 is 11.9 Å².